The molecule has 0 aliphatic carbocycles. The number of aryl methyl sites for hydroxylation is 1. The standard InChI is InChI=1S/C25H36FNO/c1-3-5-7-9-11-13-21-14-16-24(27-20-21)22-15-17-25(23(26)19-22)28-18-12-10-8-6-4-2/h14-17,19-20H,3-13,18H2,1-2H3. The summed E-state index contributed by atoms with van der Waals surface area (Å²) in [5, 5.41) is 0. The van der Waals surface area contributed by atoms with Crippen LogP contribution in [-0.2, 0) is 6.42 Å². The molecule has 1 heterocycles. The van der Waals surface area contributed by atoms with Crippen LogP contribution in [-0.4, -0.2) is 11.6 Å². The van der Waals surface area contributed by atoms with Gasteiger partial charge in [0.1, 0.15) is 0 Å². The van der Waals surface area contributed by atoms with Crippen molar-refractivity contribution in [3.05, 3.63) is 47.9 Å². The third-order valence-electron chi connectivity index (χ3n) is 5.13. The highest BCUT2D eigenvalue weighted by molar-refractivity contribution is 5.60. The molecule has 0 aliphatic heterocycles. The predicted octanol–water partition coefficient (Wildman–Crippen LogP) is 7.75. The van der Waals surface area contributed by atoms with Gasteiger partial charge in [0, 0.05) is 11.8 Å². The second-order valence-corrected chi connectivity index (χ2v) is 7.62. The Balaban J connectivity index is 1.82. The largest absolute Gasteiger partial charge is 0.491 e. The van der Waals surface area contributed by atoms with Crippen molar-refractivity contribution in [2.24, 2.45) is 0 Å². The first kappa shape index (κ1) is 22.4. The first-order valence-corrected chi connectivity index (χ1v) is 11.1. The van der Waals surface area contributed by atoms with E-state index in [0.29, 0.717) is 12.4 Å². The van der Waals surface area contributed by atoms with Gasteiger partial charge in [-0.1, -0.05) is 71.3 Å². The van der Waals surface area contributed by atoms with Gasteiger partial charge >= 0.3 is 0 Å². The summed E-state index contributed by atoms with van der Waals surface area (Å²) in [6, 6.07) is 9.24. The van der Waals surface area contributed by atoms with E-state index in [1.54, 1.807) is 6.07 Å². The van der Waals surface area contributed by atoms with Gasteiger partial charge in [-0.15, -0.1) is 0 Å². The zero-order chi connectivity index (χ0) is 20.0. The number of pyridine rings is 1. The Morgan fingerprint density at radius 2 is 1.54 bits per heavy atom. The van der Waals surface area contributed by atoms with Crippen LogP contribution in [0.5, 0.6) is 5.75 Å². The van der Waals surface area contributed by atoms with Gasteiger partial charge in [0.15, 0.2) is 11.6 Å². The normalized spacial score (nSPS) is 11.0. The SMILES string of the molecule is CCCCCCCOc1ccc(-c2ccc(CCCCCCC)cn2)cc1F. The molecule has 2 nitrogen and oxygen atoms in total. The summed E-state index contributed by atoms with van der Waals surface area (Å²) in [6.45, 7) is 5.01. The van der Waals surface area contributed by atoms with E-state index in [1.165, 1.54) is 63.0 Å². The highest BCUT2D eigenvalue weighted by atomic mass is 19.1. The Hall–Kier alpha value is -1.90. The summed E-state index contributed by atoms with van der Waals surface area (Å²) in [5.41, 5.74) is 2.85. The average Bonchev–Trinajstić information content (AvgIpc) is 2.72. The van der Waals surface area contributed by atoms with Gasteiger partial charge in [0.05, 0.1) is 12.3 Å². The van der Waals surface area contributed by atoms with Gasteiger partial charge in [0.25, 0.3) is 0 Å². The van der Waals surface area contributed by atoms with Crippen LogP contribution in [0.1, 0.15) is 83.6 Å². The number of hydrogen-bond donors (Lipinski definition) is 0. The van der Waals surface area contributed by atoms with Crippen LogP contribution in [0.15, 0.2) is 36.5 Å². The lowest BCUT2D eigenvalue weighted by atomic mass is 10.1. The molecule has 0 bridgehead atoms. The Labute approximate surface area is 170 Å². The van der Waals surface area contributed by atoms with E-state index in [-0.39, 0.29) is 5.82 Å². The van der Waals surface area contributed by atoms with E-state index < -0.39 is 0 Å². The monoisotopic (exact) mass is 385 g/mol. The fourth-order valence-corrected chi connectivity index (χ4v) is 3.34. The number of ether oxygens (including phenoxy) is 1. The molecule has 0 spiro atoms. The first-order chi connectivity index (χ1) is 13.7. The Morgan fingerprint density at radius 3 is 2.18 bits per heavy atom. The fourth-order valence-electron chi connectivity index (χ4n) is 3.34. The maximum Gasteiger partial charge on any atom is 0.165 e. The van der Waals surface area contributed by atoms with Crippen LogP contribution < -0.4 is 4.74 Å². The van der Waals surface area contributed by atoms with Crippen molar-refractivity contribution in [3.8, 4) is 17.0 Å². The van der Waals surface area contributed by atoms with Gasteiger partial charge in [-0.05, 0) is 49.1 Å². The quantitative estimate of drug-likeness (QED) is 0.310. The van der Waals surface area contributed by atoms with Crippen molar-refractivity contribution in [2.45, 2.75) is 84.5 Å². The number of aromatic nitrogens is 1. The Bertz CT molecular complexity index is 669. The van der Waals surface area contributed by atoms with Crippen LogP contribution in [0.4, 0.5) is 4.39 Å². The van der Waals surface area contributed by atoms with E-state index in [0.717, 1.165) is 30.5 Å². The Kier molecular flexibility index (Phi) is 10.6. The van der Waals surface area contributed by atoms with E-state index in [2.05, 4.69) is 24.9 Å². The van der Waals surface area contributed by atoms with E-state index in [9.17, 15) is 4.39 Å². The number of benzene rings is 1. The lowest BCUT2D eigenvalue weighted by Crippen LogP contribution is -1.99. The second kappa shape index (κ2) is 13.3. The summed E-state index contributed by atoms with van der Waals surface area (Å²) >= 11 is 0. The minimum atomic E-state index is -0.312. The van der Waals surface area contributed by atoms with Crippen molar-refractivity contribution in [1.29, 1.82) is 0 Å². The van der Waals surface area contributed by atoms with E-state index in [4.69, 9.17) is 4.74 Å². The van der Waals surface area contributed by atoms with Gasteiger partial charge in [-0.2, -0.15) is 0 Å². The van der Waals surface area contributed by atoms with Crippen LogP contribution in [0, 0.1) is 5.82 Å². The maximum absolute atomic E-state index is 14.4. The van der Waals surface area contributed by atoms with E-state index in [1.807, 2.05) is 18.3 Å². The highest BCUT2D eigenvalue weighted by Gasteiger charge is 2.07. The highest BCUT2D eigenvalue weighted by Crippen LogP contribution is 2.25. The third kappa shape index (κ3) is 8.00. The molecule has 0 atom stereocenters. The van der Waals surface area contributed by atoms with E-state index >= 15 is 0 Å². The lowest BCUT2D eigenvalue weighted by molar-refractivity contribution is 0.290. The molecule has 0 saturated carbocycles. The van der Waals surface area contributed by atoms with Crippen LogP contribution >= 0.6 is 0 Å². The fraction of sp³-hybridized carbons (Fsp3) is 0.560. The number of halogens is 1. The lowest BCUT2D eigenvalue weighted by Gasteiger charge is -2.09. The molecule has 0 unspecified atom stereocenters. The topological polar surface area (TPSA) is 22.1 Å². The molecular weight excluding hydrogens is 349 g/mol. The van der Waals surface area contributed by atoms with Crippen LogP contribution in [0.2, 0.25) is 0 Å². The van der Waals surface area contributed by atoms with Crippen molar-refractivity contribution in [2.75, 3.05) is 6.61 Å². The molecule has 2 rings (SSSR count). The molecule has 28 heavy (non-hydrogen) atoms. The van der Waals surface area contributed by atoms with Crippen molar-refractivity contribution in [1.82, 2.24) is 4.98 Å². The summed E-state index contributed by atoms with van der Waals surface area (Å²) in [5.74, 6) is 0.0239. The molecule has 0 aliphatic rings. The number of unbranched alkanes of at least 4 members (excludes halogenated alkanes) is 8. The summed E-state index contributed by atoms with van der Waals surface area (Å²) < 4.78 is 20.0. The van der Waals surface area contributed by atoms with Gasteiger partial charge < -0.3 is 4.74 Å². The minimum Gasteiger partial charge on any atom is -0.491 e. The molecule has 0 N–H and O–H groups in total. The van der Waals surface area contributed by atoms with Crippen molar-refractivity contribution >= 4 is 0 Å². The second-order valence-electron chi connectivity index (χ2n) is 7.62. The molecule has 2 aromatic rings. The molecule has 1 aromatic heterocycles. The number of nitrogens with zero attached hydrogens (tertiary/aromatic N) is 1. The average molecular weight is 386 g/mol. The first-order valence-electron chi connectivity index (χ1n) is 11.1. The number of rotatable bonds is 14. The van der Waals surface area contributed by atoms with Gasteiger partial charge in [0.2, 0.25) is 0 Å². The molecule has 154 valence electrons. The molecule has 1 aromatic carbocycles. The van der Waals surface area contributed by atoms with Crippen molar-refractivity contribution < 1.29 is 9.13 Å². The Morgan fingerprint density at radius 1 is 0.821 bits per heavy atom. The van der Waals surface area contributed by atoms with Gasteiger partial charge in [-0.25, -0.2) is 4.39 Å². The molecule has 0 radical (unpaired) electrons. The smallest absolute Gasteiger partial charge is 0.165 e. The number of hydrogen-bond acceptors (Lipinski definition) is 2. The molecule has 0 fully saturated rings. The summed E-state index contributed by atoms with van der Waals surface area (Å²) in [7, 11) is 0. The van der Waals surface area contributed by atoms with Gasteiger partial charge in [-0.3, -0.25) is 4.98 Å². The molecule has 0 amide bonds. The summed E-state index contributed by atoms with van der Waals surface area (Å²) in [4.78, 5) is 4.53. The van der Waals surface area contributed by atoms with Crippen LogP contribution in [0.3, 0.4) is 0 Å². The third-order valence-corrected chi connectivity index (χ3v) is 5.13. The maximum atomic E-state index is 14.4. The molecule has 0 saturated heterocycles. The van der Waals surface area contributed by atoms with Crippen molar-refractivity contribution in [3.63, 3.8) is 0 Å². The molecular formula is C25H36FNO. The predicted molar refractivity (Wildman–Crippen MR) is 116 cm³/mol. The molecule has 3 heteroatoms. The summed E-state index contributed by atoms with van der Waals surface area (Å²) in [6.07, 6.45) is 15.2. The minimum absolute atomic E-state index is 0.312. The van der Waals surface area contributed by atoms with Crippen LogP contribution in [0.25, 0.3) is 11.3 Å². The zero-order valence-corrected chi connectivity index (χ0v) is 17.7. The zero-order valence-electron chi connectivity index (χ0n) is 17.7.